The first-order chi connectivity index (χ1) is 9.79. The smallest absolute Gasteiger partial charge is 0.168 e. The second kappa shape index (κ2) is 5.77. The molecule has 3 nitrogen and oxygen atoms in total. The summed E-state index contributed by atoms with van der Waals surface area (Å²) in [5, 5.41) is 9.86. The maximum absolute atomic E-state index is 6.07. The molecule has 1 heterocycles. The Balaban J connectivity index is 2.20. The molecular weight excluding hydrogens is 338 g/mol. The number of halogens is 2. The van der Waals surface area contributed by atoms with Gasteiger partial charge in [-0.3, -0.25) is 4.57 Å². The van der Waals surface area contributed by atoms with Gasteiger partial charge in [0.15, 0.2) is 5.82 Å². The van der Waals surface area contributed by atoms with Crippen LogP contribution in [0.2, 0.25) is 5.02 Å². The molecule has 0 radical (unpaired) electrons. The number of alkyl halides is 1. The van der Waals surface area contributed by atoms with Crippen molar-refractivity contribution in [1.82, 2.24) is 14.8 Å². The van der Waals surface area contributed by atoms with Crippen molar-refractivity contribution in [3.63, 3.8) is 0 Å². The van der Waals surface area contributed by atoms with E-state index in [1.54, 1.807) is 0 Å². The van der Waals surface area contributed by atoms with Crippen LogP contribution in [0.5, 0.6) is 0 Å². The summed E-state index contributed by atoms with van der Waals surface area (Å²) in [5.41, 5.74) is 1.97. The molecule has 0 aliphatic rings. The molecule has 0 amide bonds. The van der Waals surface area contributed by atoms with E-state index in [9.17, 15) is 0 Å². The van der Waals surface area contributed by atoms with Crippen LogP contribution in [0.1, 0.15) is 5.82 Å². The lowest BCUT2D eigenvalue weighted by atomic mass is 10.2. The van der Waals surface area contributed by atoms with Crippen molar-refractivity contribution >= 4 is 27.5 Å². The molecular formula is C15H11BrClN3. The Morgan fingerprint density at radius 1 is 1.00 bits per heavy atom. The maximum Gasteiger partial charge on any atom is 0.168 e. The standard InChI is InChI=1S/C15H11BrClN3/c16-10-14-18-19-15(11-5-4-6-12(17)9-11)20(14)13-7-2-1-3-8-13/h1-9H,10H2. The monoisotopic (exact) mass is 347 g/mol. The lowest BCUT2D eigenvalue weighted by Crippen LogP contribution is -2.01. The molecule has 0 saturated carbocycles. The van der Waals surface area contributed by atoms with Crippen molar-refractivity contribution in [2.45, 2.75) is 5.33 Å². The van der Waals surface area contributed by atoms with E-state index in [2.05, 4.69) is 26.1 Å². The van der Waals surface area contributed by atoms with Crippen molar-refractivity contribution in [1.29, 1.82) is 0 Å². The summed E-state index contributed by atoms with van der Waals surface area (Å²) in [5.74, 6) is 1.64. The Morgan fingerprint density at radius 3 is 2.50 bits per heavy atom. The predicted octanol–water partition coefficient (Wildman–Crippen LogP) is 4.48. The number of para-hydroxylation sites is 1. The summed E-state index contributed by atoms with van der Waals surface area (Å²) in [6.45, 7) is 0. The lowest BCUT2D eigenvalue weighted by molar-refractivity contribution is 0.962. The highest BCUT2D eigenvalue weighted by Gasteiger charge is 2.14. The average molecular weight is 349 g/mol. The van der Waals surface area contributed by atoms with Crippen LogP contribution in [0.4, 0.5) is 0 Å². The van der Waals surface area contributed by atoms with Gasteiger partial charge in [-0.2, -0.15) is 0 Å². The van der Waals surface area contributed by atoms with Crippen molar-refractivity contribution in [3.05, 3.63) is 65.4 Å². The van der Waals surface area contributed by atoms with E-state index in [4.69, 9.17) is 11.6 Å². The van der Waals surface area contributed by atoms with Crippen molar-refractivity contribution in [2.75, 3.05) is 0 Å². The number of aromatic nitrogens is 3. The molecule has 0 unspecified atom stereocenters. The highest BCUT2D eigenvalue weighted by atomic mass is 79.9. The van der Waals surface area contributed by atoms with Crippen molar-refractivity contribution < 1.29 is 0 Å². The van der Waals surface area contributed by atoms with Gasteiger partial charge in [-0.05, 0) is 24.3 Å². The summed E-state index contributed by atoms with van der Waals surface area (Å²) < 4.78 is 2.03. The number of benzene rings is 2. The zero-order valence-corrected chi connectivity index (χ0v) is 12.8. The number of hydrogen-bond donors (Lipinski definition) is 0. The summed E-state index contributed by atoms with van der Waals surface area (Å²) in [7, 11) is 0. The van der Waals surface area contributed by atoms with E-state index in [-0.39, 0.29) is 0 Å². The molecule has 5 heteroatoms. The van der Waals surface area contributed by atoms with Crippen LogP contribution in [0.25, 0.3) is 17.1 Å². The second-order valence-electron chi connectivity index (χ2n) is 4.25. The minimum atomic E-state index is 0.634. The van der Waals surface area contributed by atoms with E-state index in [1.807, 2.05) is 59.2 Å². The van der Waals surface area contributed by atoms with Gasteiger partial charge in [0.05, 0.1) is 5.33 Å². The fraction of sp³-hybridized carbons (Fsp3) is 0.0667. The lowest BCUT2D eigenvalue weighted by Gasteiger charge is -2.09. The van der Waals surface area contributed by atoms with Gasteiger partial charge >= 0.3 is 0 Å². The molecule has 0 spiro atoms. The highest BCUT2D eigenvalue weighted by Crippen LogP contribution is 2.25. The third-order valence-corrected chi connectivity index (χ3v) is 3.68. The first-order valence-electron chi connectivity index (χ1n) is 6.11. The van der Waals surface area contributed by atoms with E-state index in [1.165, 1.54) is 0 Å². The Kier molecular flexibility index (Phi) is 3.85. The number of hydrogen-bond acceptors (Lipinski definition) is 2. The summed E-state index contributed by atoms with van der Waals surface area (Å²) >= 11 is 9.52. The fourth-order valence-electron chi connectivity index (χ4n) is 2.07. The van der Waals surface area contributed by atoms with E-state index >= 15 is 0 Å². The van der Waals surface area contributed by atoms with Gasteiger partial charge in [0, 0.05) is 16.3 Å². The molecule has 0 N–H and O–H groups in total. The van der Waals surface area contributed by atoms with Gasteiger partial charge in [-0.15, -0.1) is 10.2 Å². The van der Waals surface area contributed by atoms with Crippen LogP contribution < -0.4 is 0 Å². The number of rotatable bonds is 3. The van der Waals surface area contributed by atoms with Gasteiger partial charge in [0.1, 0.15) is 5.82 Å². The van der Waals surface area contributed by atoms with Gasteiger partial charge < -0.3 is 0 Å². The average Bonchev–Trinajstić information content (AvgIpc) is 2.92. The molecule has 0 atom stereocenters. The van der Waals surface area contributed by atoms with Gasteiger partial charge in [-0.1, -0.05) is 57.9 Å². The van der Waals surface area contributed by atoms with Crippen molar-refractivity contribution in [3.8, 4) is 17.1 Å². The molecule has 3 rings (SSSR count). The quantitative estimate of drug-likeness (QED) is 0.653. The van der Waals surface area contributed by atoms with Gasteiger partial charge in [0.2, 0.25) is 0 Å². The van der Waals surface area contributed by atoms with E-state index in [0.717, 1.165) is 22.9 Å². The van der Waals surface area contributed by atoms with Gasteiger partial charge in [-0.25, -0.2) is 0 Å². The van der Waals surface area contributed by atoms with Crippen LogP contribution >= 0.6 is 27.5 Å². The molecule has 100 valence electrons. The van der Waals surface area contributed by atoms with E-state index in [0.29, 0.717) is 10.4 Å². The molecule has 20 heavy (non-hydrogen) atoms. The molecule has 0 aliphatic heterocycles. The normalized spacial score (nSPS) is 10.7. The number of nitrogens with zero attached hydrogens (tertiary/aromatic N) is 3. The summed E-state index contributed by atoms with van der Waals surface area (Å²) in [6, 6.07) is 17.7. The van der Waals surface area contributed by atoms with Crippen LogP contribution in [-0.4, -0.2) is 14.8 Å². The minimum absolute atomic E-state index is 0.634. The Bertz CT molecular complexity index is 725. The zero-order valence-electron chi connectivity index (χ0n) is 10.5. The molecule has 3 aromatic rings. The molecule has 0 fully saturated rings. The summed E-state index contributed by atoms with van der Waals surface area (Å²) in [4.78, 5) is 0. The Morgan fingerprint density at radius 2 is 1.80 bits per heavy atom. The third kappa shape index (κ3) is 2.49. The topological polar surface area (TPSA) is 30.7 Å². The molecule has 0 aliphatic carbocycles. The second-order valence-corrected chi connectivity index (χ2v) is 5.25. The molecule has 0 bridgehead atoms. The first kappa shape index (κ1) is 13.3. The molecule has 2 aromatic carbocycles. The zero-order chi connectivity index (χ0) is 13.9. The minimum Gasteiger partial charge on any atom is -0.278 e. The Labute approximate surface area is 130 Å². The largest absolute Gasteiger partial charge is 0.278 e. The van der Waals surface area contributed by atoms with Crippen LogP contribution in [-0.2, 0) is 5.33 Å². The van der Waals surface area contributed by atoms with Crippen LogP contribution in [0.3, 0.4) is 0 Å². The van der Waals surface area contributed by atoms with Crippen LogP contribution in [0.15, 0.2) is 54.6 Å². The Hall–Kier alpha value is -1.65. The van der Waals surface area contributed by atoms with Crippen molar-refractivity contribution in [2.24, 2.45) is 0 Å². The first-order valence-corrected chi connectivity index (χ1v) is 7.61. The van der Waals surface area contributed by atoms with Crippen LogP contribution in [0, 0.1) is 0 Å². The highest BCUT2D eigenvalue weighted by molar-refractivity contribution is 9.08. The fourth-order valence-corrected chi connectivity index (χ4v) is 2.62. The predicted molar refractivity (Wildman–Crippen MR) is 84.4 cm³/mol. The molecule has 0 saturated heterocycles. The maximum atomic E-state index is 6.07. The SMILES string of the molecule is Clc1cccc(-c2nnc(CBr)n2-c2ccccc2)c1. The van der Waals surface area contributed by atoms with E-state index < -0.39 is 0 Å². The van der Waals surface area contributed by atoms with Gasteiger partial charge in [0.25, 0.3) is 0 Å². The third-order valence-electron chi connectivity index (χ3n) is 2.95. The summed E-state index contributed by atoms with van der Waals surface area (Å²) in [6.07, 6.45) is 0. The molecule has 1 aromatic heterocycles.